The van der Waals surface area contributed by atoms with Gasteiger partial charge in [-0.15, -0.1) is 0 Å². The molecule has 0 aliphatic carbocycles. The quantitative estimate of drug-likeness (QED) is 0.824. The van der Waals surface area contributed by atoms with Gasteiger partial charge in [0, 0.05) is 51.5 Å². The Hall–Kier alpha value is -3.10. The molecular formula is C19H25N7O2. The van der Waals surface area contributed by atoms with Crippen LogP contribution in [0.25, 0.3) is 0 Å². The second-order valence-electron chi connectivity index (χ2n) is 7.32. The van der Waals surface area contributed by atoms with Crippen molar-refractivity contribution in [1.82, 2.24) is 30.2 Å². The Balaban J connectivity index is 1.86. The van der Waals surface area contributed by atoms with Crippen LogP contribution >= 0.6 is 0 Å². The number of likely N-dealkylation sites (tertiary alicyclic amines) is 1. The van der Waals surface area contributed by atoms with Crippen LogP contribution < -0.4 is 10.2 Å². The van der Waals surface area contributed by atoms with Gasteiger partial charge in [0.1, 0.15) is 12.0 Å². The molecule has 1 unspecified atom stereocenters. The summed E-state index contributed by atoms with van der Waals surface area (Å²) < 4.78 is 0. The lowest BCUT2D eigenvalue weighted by atomic mass is 9.99. The summed E-state index contributed by atoms with van der Waals surface area (Å²) in [4.78, 5) is 45.7. The molecule has 3 heterocycles. The largest absolute Gasteiger partial charge is 0.350 e. The van der Waals surface area contributed by atoms with Crippen LogP contribution in [-0.2, 0) is 0 Å². The second kappa shape index (κ2) is 8.28. The van der Waals surface area contributed by atoms with Crippen molar-refractivity contribution in [2.24, 2.45) is 0 Å². The standard InChI is InChI=1S/C19H25N7O2/c1-12(2)23-17(27)14-9-21-19(25(3)4)24-16(14)13-6-8-26(10-13)18(28)15-5-7-20-11-22-15/h5,7,9,11-13H,6,8,10H2,1-4H3,(H,23,27). The van der Waals surface area contributed by atoms with Gasteiger partial charge in [0.15, 0.2) is 0 Å². The number of hydrogen-bond donors (Lipinski definition) is 1. The van der Waals surface area contributed by atoms with Crippen LogP contribution in [0.15, 0.2) is 24.8 Å². The van der Waals surface area contributed by atoms with Crippen LogP contribution in [0, 0.1) is 0 Å². The van der Waals surface area contributed by atoms with Crippen molar-refractivity contribution in [3.8, 4) is 0 Å². The summed E-state index contributed by atoms with van der Waals surface area (Å²) in [7, 11) is 3.71. The highest BCUT2D eigenvalue weighted by Gasteiger charge is 2.32. The minimum Gasteiger partial charge on any atom is -0.350 e. The second-order valence-corrected chi connectivity index (χ2v) is 7.32. The van der Waals surface area contributed by atoms with E-state index < -0.39 is 0 Å². The van der Waals surface area contributed by atoms with Gasteiger partial charge < -0.3 is 15.1 Å². The van der Waals surface area contributed by atoms with Crippen molar-refractivity contribution in [3.05, 3.63) is 41.7 Å². The fourth-order valence-electron chi connectivity index (χ4n) is 3.17. The van der Waals surface area contributed by atoms with E-state index in [0.717, 1.165) is 6.42 Å². The highest BCUT2D eigenvalue weighted by Crippen LogP contribution is 2.30. The molecule has 9 nitrogen and oxygen atoms in total. The average Bonchev–Trinajstić information content (AvgIpc) is 3.17. The molecule has 2 aromatic heterocycles. The molecule has 0 bridgehead atoms. The van der Waals surface area contributed by atoms with Crippen LogP contribution in [0.4, 0.5) is 5.95 Å². The van der Waals surface area contributed by atoms with Gasteiger partial charge in [-0.2, -0.15) is 0 Å². The Labute approximate surface area is 164 Å². The topological polar surface area (TPSA) is 104 Å². The Bertz CT molecular complexity index is 855. The van der Waals surface area contributed by atoms with E-state index in [9.17, 15) is 9.59 Å². The van der Waals surface area contributed by atoms with Crippen LogP contribution in [-0.4, -0.2) is 69.9 Å². The highest BCUT2D eigenvalue weighted by molar-refractivity contribution is 5.95. The zero-order valence-electron chi connectivity index (χ0n) is 16.6. The SMILES string of the molecule is CC(C)NC(=O)c1cnc(N(C)C)nc1C1CCN(C(=O)c2ccncn2)C1. The molecule has 1 aliphatic heterocycles. The first kappa shape index (κ1) is 19.7. The lowest BCUT2D eigenvalue weighted by molar-refractivity contribution is 0.0784. The van der Waals surface area contributed by atoms with Crippen LogP contribution in [0.5, 0.6) is 0 Å². The van der Waals surface area contributed by atoms with Gasteiger partial charge in [0.05, 0.1) is 11.3 Å². The molecular weight excluding hydrogens is 358 g/mol. The lowest BCUT2D eigenvalue weighted by Crippen LogP contribution is -2.32. The van der Waals surface area contributed by atoms with Gasteiger partial charge in [-0.3, -0.25) is 9.59 Å². The van der Waals surface area contributed by atoms with E-state index in [0.29, 0.717) is 36.0 Å². The first-order valence-corrected chi connectivity index (χ1v) is 9.27. The molecule has 3 rings (SSSR count). The third-order valence-corrected chi connectivity index (χ3v) is 4.53. The number of nitrogens with zero attached hydrogens (tertiary/aromatic N) is 6. The Morgan fingerprint density at radius 1 is 1.29 bits per heavy atom. The van der Waals surface area contributed by atoms with Gasteiger partial charge in [0.25, 0.3) is 11.8 Å². The number of carbonyl (C=O) groups excluding carboxylic acids is 2. The van der Waals surface area contributed by atoms with Crippen molar-refractivity contribution in [2.45, 2.75) is 32.2 Å². The number of rotatable bonds is 5. The maximum atomic E-state index is 12.7. The predicted octanol–water partition coefficient (Wildman–Crippen LogP) is 1.10. The first-order chi connectivity index (χ1) is 13.4. The molecule has 2 aromatic rings. The van der Waals surface area contributed by atoms with E-state index in [2.05, 4.69) is 25.3 Å². The summed E-state index contributed by atoms with van der Waals surface area (Å²) in [6, 6.07) is 1.61. The Morgan fingerprint density at radius 3 is 2.71 bits per heavy atom. The van der Waals surface area contributed by atoms with Crippen molar-refractivity contribution in [1.29, 1.82) is 0 Å². The number of anilines is 1. The zero-order valence-corrected chi connectivity index (χ0v) is 16.6. The van der Waals surface area contributed by atoms with Crippen molar-refractivity contribution in [2.75, 3.05) is 32.1 Å². The fourth-order valence-corrected chi connectivity index (χ4v) is 3.17. The molecule has 0 saturated carbocycles. The van der Waals surface area contributed by atoms with Crippen molar-refractivity contribution >= 4 is 17.8 Å². The first-order valence-electron chi connectivity index (χ1n) is 9.27. The molecule has 148 valence electrons. The molecule has 28 heavy (non-hydrogen) atoms. The van der Waals surface area contributed by atoms with Gasteiger partial charge in [0.2, 0.25) is 5.95 Å². The number of carbonyl (C=O) groups is 2. The lowest BCUT2D eigenvalue weighted by Gasteiger charge is -2.19. The summed E-state index contributed by atoms with van der Waals surface area (Å²) in [5.41, 5.74) is 1.50. The maximum Gasteiger partial charge on any atom is 0.272 e. The number of amides is 2. The monoisotopic (exact) mass is 383 g/mol. The minimum absolute atomic E-state index is 0.00768. The van der Waals surface area contributed by atoms with Gasteiger partial charge in [-0.25, -0.2) is 19.9 Å². The van der Waals surface area contributed by atoms with Gasteiger partial charge in [-0.1, -0.05) is 0 Å². The number of aromatic nitrogens is 4. The van der Waals surface area contributed by atoms with Gasteiger partial charge >= 0.3 is 0 Å². The minimum atomic E-state index is -0.198. The average molecular weight is 383 g/mol. The Morgan fingerprint density at radius 2 is 2.07 bits per heavy atom. The maximum absolute atomic E-state index is 12.7. The molecule has 1 atom stereocenters. The van der Waals surface area contributed by atoms with E-state index in [1.165, 1.54) is 6.33 Å². The third-order valence-electron chi connectivity index (χ3n) is 4.53. The smallest absolute Gasteiger partial charge is 0.272 e. The third kappa shape index (κ3) is 4.24. The zero-order chi connectivity index (χ0) is 20.3. The molecule has 0 spiro atoms. The van der Waals surface area contributed by atoms with Crippen molar-refractivity contribution in [3.63, 3.8) is 0 Å². The Kier molecular flexibility index (Phi) is 5.81. The van der Waals surface area contributed by atoms with E-state index >= 15 is 0 Å². The summed E-state index contributed by atoms with van der Waals surface area (Å²) in [5.74, 6) is 0.160. The molecule has 2 amide bonds. The highest BCUT2D eigenvalue weighted by atomic mass is 16.2. The van der Waals surface area contributed by atoms with Crippen LogP contribution in [0.2, 0.25) is 0 Å². The molecule has 1 saturated heterocycles. The predicted molar refractivity (Wildman–Crippen MR) is 104 cm³/mol. The van der Waals surface area contributed by atoms with E-state index in [-0.39, 0.29) is 23.8 Å². The van der Waals surface area contributed by atoms with Gasteiger partial charge in [-0.05, 0) is 26.3 Å². The summed E-state index contributed by atoms with van der Waals surface area (Å²) in [5, 5.41) is 2.90. The molecule has 1 fully saturated rings. The van der Waals surface area contributed by atoms with E-state index in [4.69, 9.17) is 0 Å². The summed E-state index contributed by atoms with van der Waals surface area (Å²) >= 11 is 0. The van der Waals surface area contributed by atoms with E-state index in [1.807, 2.05) is 27.9 Å². The fraction of sp³-hybridized carbons (Fsp3) is 0.474. The molecule has 1 N–H and O–H groups in total. The van der Waals surface area contributed by atoms with Crippen LogP contribution in [0.1, 0.15) is 52.7 Å². The molecule has 0 aromatic carbocycles. The van der Waals surface area contributed by atoms with E-state index in [1.54, 1.807) is 28.3 Å². The number of nitrogens with one attached hydrogen (secondary N) is 1. The number of hydrogen-bond acceptors (Lipinski definition) is 7. The summed E-state index contributed by atoms with van der Waals surface area (Å²) in [6.45, 7) is 4.88. The van der Waals surface area contributed by atoms with Crippen molar-refractivity contribution < 1.29 is 9.59 Å². The normalized spacial score (nSPS) is 16.3. The van der Waals surface area contributed by atoms with Crippen LogP contribution in [0.3, 0.4) is 0 Å². The summed E-state index contributed by atoms with van der Waals surface area (Å²) in [6.07, 6.45) is 5.21. The molecule has 1 aliphatic rings. The molecule has 0 radical (unpaired) electrons. The molecule has 9 heteroatoms.